The number of aromatic hydroxyl groups is 1. The number of alkyl halides is 3. The number of aromatic nitrogens is 1. The molecule has 0 spiro atoms. The lowest BCUT2D eigenvalue weighted by Gasteiger charge is -2.15. The third-order valence-corrected chi connectivity index (χ3v) is 5.95. The van der Waals surface area contributed by atoms with E-state index in [1.807, 2.05) is 0 Å². The van der Waals surface area contributed by atoms with E-state index in [0.29, 0.717) is 38.1 Å². The molecular formula is C21H13F4N3O4S. The van der Waals surface area contributed by atoms with E-state index in [1.165, 1.54) is 12.3 Å². The summed E-state index contributed by atoms with van der Waals surface area (Å²) in [7, 11) is 0. The van der Waals surface area contributed by atoms with Crippen LogP contribution in [0.1, 0.15) is 21.6 Å². The maximum atomic E-state index is 13.6. The summed E-state index contributed by atoms with van der Waals surface area (Å²) in [5.74, 6) is -3.13. The Hall–Kier alpha value is -3.80. The van der Waals surface area contributed by atoms with Gasteiger partial charge in [0.15, 0.2) is 0 Å². The van der Waals surface area contributed by atoms with Crippen LogP contribution in [0.4, 0.5) is 17.6 Å². The largest absolute Gasteiger partial charge is 0.493 e. The Morgan fingerprint density at radius 3 is 2.61 bits per heavy atom. The Bertz CT molecular complexity index is 1490. The third-order valence-electron chi connectivity index (χ3n) is 4.92. The van der Waals surface area contributed by atoms with Crippen LogP contribution in [-0.4, -0.2) is 27.0 Å². The van der Waals surface area contributed by atoms with Gasteiger partial charge in [-0.1, -0.05) is 23.5 Å². The standard InChI is InChI=1S/C21H13F4N3O4S/c22-13-3-1-11(15(7-13)21(23,24)25)6-14(10-2-4-16-12(5-10)8-26-27-16)18-19(31)28(9-17(29)30)20(32)33-18/h1-5,7-8,31H,6,9H2,(H,29,30). The highest BCUT2D eigenvalue weighted by molar-refractivity contribution is 7.10. The maximum Gasteiger partial charge on any atom is 0.416 e. The molecule has 3 aromatic rings. The number of carboxylic acids is 1. The molecule has 4 rings (SSSR count). The number of hydrogen-bond donors (Lipinski definition) is 2. The smallest absolute Gasteiger partial charge is 0.416 e. The monoisotopic (exact) mass is 479 g/mol. The van der Waals surface area contributed by atoms with E-state index in [-0.39, 0.29) is 16.0 Å². The molecule has 170 valence electrons. The molecule has 0 amide bonds. The second kappa shape index (κ2) is 8.28. The number of thiazole rings is 1. The Kier molecular flexibility index (Phi) is 5.62. The van der Waals surface area contributed by atoms with E-state index in [1.54, 1.807) is 12.1 Å². The zero-order chi connectivity index (χ0) is 23.9. The number of carboxylic acid groups (broad SMARTS) is 1. The Morgan fingerprint density at radius 2 is 1.91 bits per heavy atom. The van der Waals surface area contributed by atoms with E-state index in [4.69, 9.17) is 5.11 Å². The molecule has 33 heavy (non-hydrogen) atoms. The molecular weight excluding hydrogens is 466 g/mol. The number of hydrogen-bond acceptors (Lipinski definition) is 6. The Balaban J connectivity index is 1.98. The minimum atomic E-state index is -4.85. The van der Waals surface area contributed by atoms with Crippen molar-refractivity contribution in [3.63, 3.8) is 0 Å². The van der Waals surface area contributed by atoms with Gasteiger partial charge < -0.3 is 10.2 Å². The van der Waals surface area contributed by atoms with Crippen molar-refractivity contribution in [3.8, 4) is 5.88 Å². The fourth-order valence-electron chi connectivity index (χ4n) is 3.43. The van der Waals surface area contributed by atoms with E-state index < -0.39 is 47.2 Å². The average molecular weight is 479 g/mol. The van der Waals surface area contributed by atoms with Gasteiger partial charge in [-0.15, -0.1) is 0 Å². The van der Waals surface area contributed by atoms with Crippen LogP contribution < -0.4 is 15.4 Å². The molecule has 0 atom stereocenters. The summed E-state index contributed by atoms with van der Waals surface area (Å²) in [6.45, 7) is -0.825. The van der Waals surface area contributed by atoms with Crippen molar-refractivity contribution >= 4 is 29.1 Å². The molecule has 0 bridgehead atoms. The molecule has 12 heteroatoms. The molecule has 0 saturated carbocycles. The molecule has 2 aromatic carbocycles. The number of carbonyl (C=O) groups is 1. The highest BCUT2D eigenvalue weighted by Crippen LogP contribution is 2.36. The number of aliphatic carboxylic acids is 1. The number of rotatable bonds is 5. The summed E-state index contributed by atoms with van der Waals surface area (Å²) in [5.41, 5.74) is -0.798. The van der Waals surface area contributed by atoms with Gasteiger partial charge in [-0.2, -0.15) is 23.4 Å². The summed E-state index contributed by atoms with van der Waals surface area (Å²) < 4.78 is 54.9. The van der Waals surface area contributed by atoms with Crippen molar-refractivity contribution in [2.75, 3.05) is 0 Å². The lowest BCUT2D eigenvalue weighted by atomic mass is 9.96. The van der Waals surface area contributed by atoms with Gasteiger partial charge in [-0.05, 0) is 40.6 Å². The number of benzene rings is 2. The van der Waals surface area contributed by atoms with Gasteiger partial charge in [0.25, 0.3) is 0 Å². The third kappa shape index (κ3) is 4.42. The van der Waals surface area contributed by atoms with Crippen molar-refractivity contribution in [2.45, 2.75) is 19.1 Å². The summed E-state index contributed by atoms with van der Waals surface area (Å²) in [6, 6.07) is 6.92. The van der Waals surface area contributed by atoms with Crippen molar-refractivity contribution in [1.29, 1.82) is 0 Å². The Labute approximate surface area is 185 Å². The zero-order valence-electron chi connectivity index (χ0n) is 16.4. The predicted octanol–water partition coefficient (Wildman–Crippen LogP) is 2.27. The van der Waals surface area contributed by atoms with Crippen LogP contribution in [0.15, 0.2) is 51.4 Å². The number of nitrogens with zero attached hydrogens (tertiary/aromatic N) is 3. The summed E-state index contributed by atoms with van der Waals surface area (Å²) in [6.07, 6.45) is -3.84. The topological polar surface area (TPSA) is 104 Å². The van der Waals surface area contributed by atoms with Gasteiger partial charge in [0, 0.05) is 12.0 Å². The molecule has 1 aromatic heterocycles. The maximum absolute atomic E-state index is 13.6. The summed E-state index contributed by atoms with van der Waals surface area (Å²) in [4.78, 5) is 22.5. The second-order valence-electron chi connectivity index (χ2n) is 7.07. The van der Waals surface area contributed by atoms with Crippen LogP contribution in [0, 0.1) is 5.82 Å². The van der Waals surface area contributed by atoms with Gasteiger partial charge in [-0.3, -0.25) is 14.2 Å². The van der Waals surface area contributed by atoms with Crippen molar-refractivity contribution < 1.29 is 32.6 Å². The SMILES string of the molecule is O=C(O)Cn1c(O)c(C(Cc2ccc(F)cc2C(F)(F)F)=c2ccc3c(c2)C=NN=3)sc1=O. The van der Waals surface area contributed by atoms with Gasteiger partial charge >= 0.3 is 17.0 Å². The van der Waals surface area contributed by atoms with Gasteiger partial charge in [0.05, 0.1) is 22.0 Å². The molecule has 1 aliphatic heterocycles. The first-order valence-corrected chi connectivity index (χ1v) is 10.1. The van der Waals surface area contributed by atoms with Crippen LogP contribution in [0.2, 0.25) is 0 Å². The molecule has 1 aliphatic rings. The summed E-state index contributed by atoms with van der Waals surface area (Å²) >= 11 is 0.500. The number of halogens is 4. The summed E-state index contributed by atoms with van der Waals surface area (Å²) in [5, 5.41) is 28.1. The molecule has 0 fully saturated rings. The highest BCUT2D eigenvalue weighted by atomic mass is 32.1. The normalized spacial score (nSPS) is 13.6. The molecule has 2 N–H and O–H groups in total. The predicted molar refractivity (Wildman–Crippen MR) is 110 cm³/mol. The quantitative estimate of drug-likeness (QED) is 0.548. The van der Waals surface area contributed by atoms with Gasteiger partial charge in [0.1, 0.15) is 12.4 Å². The van der Waals surface area contributed by atoms with E-state index in [0.717, 1.165) is 12.1 Å². The van der Waals surface area contributed by atoms with Crippen LogP contribution in [0.25, 0.3) is 5.57 Å². The van der Waals surface area contributed by atoms with E-state index >= 15 is 0 Å². The van der Waals surface area contributed by atoms with Gasteiger partial charge in [0.2, 0.25) is 5.88 Å². The average Bonchev–Trinajstić information content (AvgIpc) is 3.31. The van der Waals surface area contributed by atoms with Crippen LogP contribution in [0.5, 0.6) is 5.88 Å². The van der Waals surface area contributed by atoms with Crippen LogP contribution >= 0.6 is 11.3 Å². The lowest BCUT2D eigenvalue weighted by Crippen LogP contribution is -2.18. The van der Waals surface area contributed by atoms with Crippen LogP contribution in [0.3, 0.4) is 0 Å². The first-order chi connectivity index (χ1) is 15.5. The molecule has 0 radical (unpaired) electrons. The fourth-order valence-corrected chi connectivity index (χ4v) is 4.38. The Morgan fingerprint density at radius 1 is 1.15 bits per heavy atom. The minimum absolute atomic E-state index is 0.0921. The molecule has 0 unspecified atom stereocenters. The molecule has 0 saturated heterocycles. The van der Waals surface area contributed by atoms with Gasteiger partial charge in [-0.25, -0.2) is 4.39 Å². The lowest BCUT2D eigenvalue weighted by molar-refractivity contribution is -0.139. The van der Waals surface area contributed by atoms with Crippen LogP contribution in [-0.2, 0) is 23.9 Å². The minimum Gasteiger partial charge on any atom is -0.493 e. The molecule has 7 nitrogen and oxygen atoms in total. The zero-order valence-corrected chi connectivity index (χ0v) is 17.2. The first-order valence-electron chi connectivity index (χ1n) is 9.29. The fraction of sp³-hybridized carbons (Fsp3) is 0.143. The van der Waals surface area contributed by atoms with Crippen molar-refractivity contribution in [2.24, 2.45) is 10.2 Å². The second-order valence-corrected chi connectivity index (χ2v) is 8.03. The number of fused-ring (bicyclic) bond motifs is 1. The van der Waals surface area contributed by atoms with E-state index in [9.17, 15) is 32.3 Å². The van der Waals surface area contributed by atoms with E-state index in [2.05, 4.69) is 10.2 Å². The molecule has 2 heterocycles. The first kappa shape index (κ1) is 22.4. The van der Waals surface area contributed by atoms with Crippen molar-refractivity contribution in [1.82, 2.24) is 4.57 Å². The van der Waals surface area contributed by atoms with Crippen molar-refractivity contribution in [3.05, 3.63) is 84.0 Å². The molecule has 0 aliphatic carbocycles. The highest BCUT2D eigenvalue weighted by Gasteiger charge is 2.34.